The van der Waals surface area contributed by atoms with Gasteiger partial charge in [0.2, 0.25) is 5.91 Å². The van der Waals surface area contributed by atoms with Gasteiger partial charge in [-0.2, -0.15) is 5.10 Å². The van der Waals surface area contributed by atoms with E-state index >= 15 is 0 Å². The van der Waals surface area contributed by atoms with Gasteiger partial charge in [0, 0.05) is 17.9 Å². The third-order valence-corrected chi connectivity index (χ3v) is 3.02. The number of benzene rings is 1. The molecule has 1 amide bonds. The predicted octanol–water partition coefficient (Wildman–Crippen LogP) is 2.27. The van der Waals surface area contributed by atoms with Gasteiger partial charge in [-0.3, -0.25) is 9.89 Å². The van der Waals surface area contributed by atoms with Crippen molar-refractivity contribution in [1.29, 1.82) is 0 Å². The molecule has 2 N–H and O–H groups in total. The lowest BCUT2D eigenvalue weighted by molar-refractivity contribution is -0.115. The van der Waals surface area contributed by atoms with Crippen LogP contribution >= 0.6 is 0 Å². The summed E-state index contributed by atoms with van der Waals surface area (Å²) in [4.78, 5) is 14.2. The molecule has 0 unspecified atom stereocenters. The number of rotatable bonds is 5. The normalized spacial score (nSPS) is 10.9. The van der Waals surface area contributed by atoms with Crippen molar-refractivity contribution in [3.05, 3.63) is 46.8 Å². The molecule has 0 fully saturated rings. The number of nitrogens with zero attached hydrogens (tertiary/aromatic N) is 2. The van der Waals surface area contributed by atoms with Crippen molar-refractivity contribution in [3.63, 3.8) is 0 Å². The van der Waals surface area contributed by atoms with Crippen molar-refractivity contribution >= 4 is 11.6 Å². The maximum Gasteiger partial charge on any atom is 0.230 e. The highest BCUT2D eigenvalue weighted by molar-refractivity contribution is 5.92. The summed E-state index contributed by atoms with van der Waals surface area (Å²) in [7, 11) is 4.06. The Kier molecular flexibility index (Phi) is 4.75. The van der Waals surface area contributed by atoms with Crippen LogP contribution in [0.3, 0.4) is 0 Å². The number of carbonyl (C=O) groups excluding carboxylic acids is 1. The van der Waals surface area contributed by atoms with Crippen molar-refractivity contribution in [1.82, 2.24) is 15.1 Å². The second-order valence-electron chi connectivity index (χ2n) is 5.71. The fraction of sp³-hybridized carbons (Fsp3) is 0.375. The molecule has 0 radical (unpaired) electrons. The van der Waals surface area contributed by atoms with E-state index in [0.717, 1.165) is 29.2 Å². The number of aromatic nitrogens is 2. The maximum atomic E-state index is 12.1. The molecule has 0 aliphatic heterocycles. The van der Waals surface area contributed by atoms with Gasteiger partial charge in [0.15, 0.2) is 0 Å². The van der Waals surface area contributed by atoms with Crippen molar-refractivity contribution < 1.29 is 4.79 Å². The Hall–Kier alpha value is -2.14. The van der Waals surface area contributed by atoms with E-state index in [1.54, 1.807) is 0 Å². The molecular weight excluding hydrogens is 264 g/mol. The number of anilines is 1. The lowest BCUT2D eigenvalue weighted by Crippen LogP contribution is -2.16. The summed E-state index contributed by atoms with van der Waals surface area (Å²) in [5.74, 6) is -0.0529. The number of carbonyl (C=O) groups is 1. The van der Waals surface area contributed by atoms with Gasteiger partial charge in [0.05, 0.1) is 12.1 Å². The van der Waals surface area contributed by atoms with Crippen LogP contribution in [0.15, 0.2) is 24.3 Å². The number of aryl methyl sites for hydroxylation is 2. The Labute approximate surface area is 125 Å². The van der Waals surface area contributed by atoms with Gasteiger partial charge < -0.3 is 10.2 Å². The van der Waals surface area contributed by atoms with Gasteiger partial charge in [-0.15, -0.1) is 0 Å². The number of hydrogen-bond acceptors (Lipinski definition) is 3. The summed E-state index contributed by atoms with van der Waals surface area (Å²) in [5.41, 5.74) is 4.88. The summed E-state index contributed by atoms with van der Waals surface area (Å²) >= 11 is 0. The Morgan fingerprint density at radius 2 is 2.00 bits per heavy atom. The molecule has 5 heteroatoms. The molecule has 5 nitrogen and oxygen atoms in total. The van der Waals surface area contributed by atoms with Gasteiger partial charge in [-0.05, 0) is 57.3 Å². The number of hydrogen-bond donors (Lipinski definition) is 2. The van der Waals surface area contributed by atoms with Gasteiger partial charge in [-0.1, -0.05) is 6.07 Å². The van der Waals surface area contributed by atoms with Crippen molar-refractivity contribution in [2.24, 2.45) is 0 Å². The highest BCUT2D eigenvalue weighted by Crippen LogP contribution is 2.16. The summed E-state index contributed by atoms with van der Waals surface area (Å²) < 4.78 is 0. The van der Waals surface area contributed by atoms with Crippen LogP contribution in [0.5, 0.6) is 0 Å². The van der Waals surface area contributed by atoms with E-state index in [4.69, 9.17) is 0 Å². The molecule has 0 saturated carbocycles. The lowest BCUT2D eigenvalue weighted by Gasteiger charge is -2.13. The molecule has 1 heterocycles. The molecule has 1 aromatic carbocycles. The van der Waals surface area contributed by atoms with Gasteiger partial charge in [0.25, 0.3) is 0 Å². The number of amides is 1. The van der Waals surface area contributed by atoms with E-state index in [1.165, 1.54) is 5.56 Å². The van der Waals surface area contributed by atoms with E-state index in [1.807, 2.05) is 46.1 Å². The molecule has 0 aliphatic rings. The zero-order chi connectivity index (χ0) is 15.4. The number of H-pyrrole nitrogens is 1. The zero-order valence-corrected chi connectivity index (χ0v) is 13.0. The SMILES string of the molecule is Cc1cc(CN(C)C)cc(NC(=O)Cc2cc(C)[nH]n2)c1. The highest BCUT2D eigenvalue weighted by Gasteiger charge is 2.08. The van der Waals surface area contributed by atoms with Crippen LogP contribution < -0.4 is 5.32 Å². The minimum atomic E-state index is -0.0529. The van der Waals surface area contributed by atoms with E-state index in [-0.39, 0.29) is 12.3 Å². The molecule has 112 valence electrons. The quantitative estimate of drug-likeness (QED) is 0.886. The summed E-state index contributed by atoms with van der Waals surface area (Å²) in [6.07, 6.45) is 0.279. The molecule has 0 aliphatic carbocycles. The van der Waals surface area contributed by atoms with Crippen LogP contribution in [0.1, 0.15) is 22.5 Å². The fourth-order valence-corrected chi connectivity index (χ4v) is 2.33. The van der Waals surface area contributed by atoms with Crippen LogP contribution in [-0.2, 0) is 17.8 Å². The average Bonchev–Trinajstić information content (AvgIpc) is 2.72. The Morgan fingerprint density at radius 3 is 2.62 bits per heavy atom. The first-order valence-corrected chi connectivity index (χ1v) is 6.98. The van der Waals surface area contributed by atoms with Gasteiger partial charge in [-0.25, -0.2) is 0 Å². The Bertz CT molecular complexity index is 631. The van der Waals surface area contributed by atoms with Crippen LogP contribution in [0.2, 0.25) is 0 Å². The first-order valence-electron chi connectivity index (χ1n) is 6.98. The molecule has 0 atom stereocenters. The molecule has 21 heavy (non-hydrogen) atoms. The van der Waals surface area contributed by atoms with E-state index in [0.29, 0.717) is 0 Å². The third kappa shape index (κ3) is 4.72. The number of aromatic amines is 1. The second-order valence-corrected chi connectivity index (χ2v) is 5.71. The van der Waals surface area contributed by atoms with E-state index < -0.39 is 0 Å². The van der Waals surface area contributed by atoms with Crippen molar-refractivity contribution in [3.8, 4) is 0 Å². The largest absolute Gasteiger partial charge is 0.326 e. The zero-order valence-electron chi connectivity index (χ0n) is 13.0. The molecule has 1 aromatic heterocycles. The monoisotopic (exact) mass is 286 g/mol. The minimum Gasteiger partial charge on any atom is -0.326 e. The molecule has 2 rings (SSSR count). The summed E-state index contributed by atoms with van der Waals surface area (Å²) in [5, 5.41) is 9.86. The topological polar surface area (TPSA) is 61.0 Å². The molecule has 0 bridgehead atoms. The molecule has 2 aromatic rings. The van der Waals surface area contributed by atoms with Gasteiger partial charge in [0.1, 0.15) is 0 Å². The Morgan fingerprint density at radius 1 is 1.24 bits per heavy atom. The van der Waals surface area contributed by atoms with Crippen LogP contribution in [0.4, 0.5) is 5.69 Å². The maximum absolute atomic E-state index is 12.1. The molecule has 0 spiro atoms. The highest BCUT2D eigenvalue weighted by atomic mass is 16.1. The first kappa shape index (κ1) is 15.3. The van der Waals surface area contributed by atoms with Crippen LogP contribution in [-0.4, -0.2) is 35.1 Å². The molecule has 0 saturated heterocycles. The Balaban J connectivity index is 2.04. The smallest absolute Gasteiger partial charge is 0.230 e. The van der Waals surface area contributed by atoms with Crippen LogP contribution in [0.25, 0.3) is 0 Å². The van der Waals surface area contributed by atoms with Crippen molar-refractivity contribution in [2.75, 3.05) is 19.4 Å². The summed E-state index contributed by atoms with van der Waals surface area (Å²) in [6, 6.07) is 8.01. The van der Waals surface area contributed by atoms with Crippen molar-refractivity contribution in [2.45, 2.75) is 26.8 Å². The molecular formula is C16H22N4O. The second kappa shape index (κ2) is 6.54. The van der Waals surface area contributed by atoms with E-state index in [2.05, 4.69) is 26.5 Å². The lowest BCUT2D eigenvalue weighted by atomic mass is 10.1. The van der Waals surface area contributed by atoms with Crippen LogP contribution in [0, 0.1) is 13.8 Å². The van der Waals surface area contributed by atoms with E-state index in [9.17, 15) is 4.79 Å². The average molecular weight is 286 g/mol. The van der Waals surface area contributed by atoms with Gasteiger partial charge >= 0.3 is 0 Å². The fourth-order valence-electron chi connectivity index (χ4n) is 2.33. The number of nitrogens with one attached hydrogen (secondary N) is 2. The summed E-state index contributed by atoms with van der Waals surface area (Å²) in [6.45, 7) is 4.80. The first-order chi connectivity index (χ1) is 9.92. The minimum absolute atomic E-state index is 0.0529. The predicted molar refractivity (Wildman–Crippen MR) is 84.2 cm³/mol. The third-order valence-electron chi connectivity index (χ3n) is 3.02. The standard InChI is InChI=1S/C16H22N4O/c1-11-5-13(10-20(3)4)8-14(6-11)17-16(21)9-15-7-12(2)18-19-15/h5-8H,9-10H2,1-4H3,(H,17,21)(H,18,19).